The smallest absolute Gasteiger partial charge is 0.262 e. The summed E-state index contributed by atoms with van der Waals surface area (Å²) in [6, 6.07) is 9.67. The van der Waals surface area contributed by atoms with Crippen molar-refractivity contribution in [3.05, 3.63) is 65.7 Å². The monoisotopic (exact) mass is 425 g/mol. The summed E-state index contributed by atoms with van der Waals surface area (Å²) in [5.41, 5.74) is 4.45. The first-order chi connectivity index (χ1) is 14.9. The number of nitrogens with zero attached hydrogens (tertiary/aromatic N) is 1. The first-order valence-electron chi connectivity index (χ1n) is 9.64. The molecule has 0 heterocycles. The zero-order chi connectivity index (χ0) is 22.8. The number of amides is 2. The summed E-state index contributed by atoms with van der Waals surface area (Å²) < 4.78 is 10.2. The van der Waals surface area contributed by atoms with Gasteiger partial charge in [0.2, 0.25) is 5.91 Å². The number of hydrazone groups is 1. The predicted octanol–water partition coefficient (Wildman–Crippen LogP) is 2.34. The number of carbonyl (C=O) groups excluding carboxylic acids is 2. The van der Waals surface area contributed by atoms with E-state index in [-0.39, 0.29) is 18.1 Å². The van der Waals surface area contributed by atoms with Crippen LogP contribution in [0.15, 0.2) is 54.2 Å². The van der Waals surface area contributed by atoms with Crippen molar-refractivity contribution in [3.8, 4) is 17.2 Å². The number of carbonyl (C=O) groups is 2. The SMILES string of the molecule is C=CCc1cc(/C=N/NC(=O)C(C)NC(=O)Cc2ccc(OC)cc2)cc(OC)c1O. The van der Waals surface area contributed by atoms with Gasteiger partial charge in [0.05, 0.1) is 26.9 Å². The molecule has 164 valence electrons. The van der Waals surface area contributed by atoms with E-state index in [0.717, 1.165) is 5.56 Å². The van der Waals surface area contributed by atoms with Gasteiger partial charge in [-0.1, -0.05) is 18.2 Å². The quantitative estimate of drug-likeness (QED) is 0.308. The third kappa shape index (κ3) is 6.88. The summed E-state index contributed by atoms with van der Waals surface area (Å²) in [4.78, 5) is 24.4. The van der Waals surface area contributed by atoms with E-state index in [1.165, 1.54) is 13.3 Å². The molecule has 2 amide bonds. The maximum absolute atomic E-state index is 12.2. The lowest BCUT2D eigenvalue weighted by Gasteiger charge is -2.12. The van der Waals surface area contributed by atoms with E-state index in [9.17, 15) is 14.7 Å². The molecule has 0 radical (unpaired) electrons. The van der Waals surface area contributed by atoms with E-state index in [4.69, 9.17) is 9.47 Å². The number of allylic oxidation sites excluding steroid dienone is 1. The van der Waals surface area contributed by atoms with Crippen LogP contribution in [0, 0.1) is 0 Å². The van der Waals surface area contributed by atoms with Crippen molar-refractivity contribution < 1.29 is 24.2 Å². The number of hydrogen-bond donors (Lipinski definition) is 3. The van der Waals surface area contributed by atoms with Gasteiger partial charge >= 0.3 is 0 Å². The Balaban J connectivity index is 1.92. The number of benzene rings is 2. The van der Waals surface area contributed by atoms with Crippen molar-refractivity contribution in [2.75, 3.05) is 14.2 Å². The Morgan fingerprint density at radius 1 is 1.19 bits per heavy atom. The van der Waals surface area contributed by atoms with Gasteiger partial charge in [0.15, 0.2) is 11.5 Å². The maximum Gasteiger partial charge on any atom is 0.262 e. The lowest BCUT2D eigenvalue weighted by molar-refractivity contribution is -0.128. The summed E-state index contributed by atoms with van der Waals surface area (Å²) in [7, 11) is 3.02. The molecule has 2 rings (SSSR count). The molecule has 1 atom stereocenters. The summed E-state index contributed by atoms with van der Waals surface area (Å²) >= 11 is 0. The molecule has 2 aromatic rings. The number of hydrogen-bond acceptors (Lipinski definition) is 6. The Kier molecular flexibility index (Phi) is 8.63. The average molecular weight is 425 g/mol. The summed E-state index contributed by atoms with van der Waals surface area (Å²) in [6.07, 6.45) is 3.68. The molecule has 31 heavy (non-hydrogen) atoms. The third-order valence-electron chi connectivity index (χ3n) is 4.44. The van der Waals surface area contributed by atoms with E-state index in [1.54, 1.807) is 56.5 Å². The molecule has 8 heteroatoms. The van der Waals surface area contributed by atoms with Crippen molar-refractivity contribution in [1.82, 2.24) is 10.7 Å². The van der Waals surface area contributed by atoms with Crippen molar-refractivity contribution in [1.29, 1.82) is 0 Å². The molecular formula is C23H27N3O5. The van der Waals surface area contributed by atoms with E-state index in [0.29, 0.717) is 29.0 Å². The molecule has 0 aliphatic heterocycles. The number of methoxy groups -OCH3 is 2. The van der Waals surface area contributed by atoms with Crippen LogP contribution >= 0.6 is 0 Å². The first-order valence-corrected chi connectivity index (χ1v) is 9.64. The fraction of sp³-hybridized carbons (Fsp3) is 0.261. The fourth-order valence-corrected chi connectivity index (χ4v) is 2.78. The van der Waals surface area contributed by atoms with Crippen molar-refractivity contribution in [3.63, 3.8) is 0 Å². The van der Waals surface area contributed by atoms with Crippen LogP contribution in [-0.4, -0.2) is 43.4 Å². The van der Waals surface area contributed by atoms with E-state index in [1.807, 2.05) is 0 Å². The highest BCUT2D eigenvalue weighted by Crippen LogP contribution is 2.31. The van der Waals surface area contributed by atoms with Crippen molar-refractivity contribution in [2.45, 2.75) is 25.8 Å². The summed E-state index contributed by atoms with van der Waals surface area (Å²) in [5, 5.41) is 16.7. The number of ether oxygens (including phenoxy) is 2. The molecule has 0 spiro atoms. The molecule has 0 aliphatic rings. The maximum atomic E-state index is 12.2. The lowest BCUT2D eigenvalue weighted by Crippen LogP contribution is -2.43. The number of phenols is 1. The highest BCUT2D eigenvalue weighted by Gasteiger charge is 2.15. The zero-order valence-corrected chi connectivity index (χ0v) is 17.8. The number of phenolic OH excluding ortho intramolecular Hbond substituents is 1. The van der Waals surface area contributed by atoms with Crippen LogP contribution in [0.3, 0.4) is 0 Å². The normalized spacial score (nSPS) is 11.6. The Labute approximate surface area is 181 Å². The minimum Gasteiger partial charge on any atom is -0.504 e. The van der Waals surface area contributed by atoms with Crippen LogP contribution in [0.5, 0.6) is 17.2 Å². The topological polar surface area (TPSA) is 109 Å². The Hall–Kier alpha value is -3.81. The lowest BCUT2D eigenvalue weighted by atomic mass is 10.1. The average Bonchev–Trinajstić information content (AvgIpc) is 2.76. The van der Waals surface area contributed by atoms with E-state index in [2.05, 4.69) is 22.4 Å². The van der Waals surface area contributed by atoms with Gasteiger partial charge in [-0.15, -0.1) is 6.58 Å². The van der Waals surface area contributed by atoms with Crippen molar-refractivity contribution in [2.24, 2.45) is 5.10 Å². The van der Waals surface area contributed by atoms with Gasteiger partial charge in [0.1, 0.15) is 11.8 Å². The fourth-order valence-electron chi connectivity index (χ4n) is 2.78. The van der Waals surface area contributed by atoms with Gasteiger partial charge < -0.3 is 19.9 Å². The summed E-state index contributed by atoms with van der Waals surface area (Å²) in [5.74, 6) is 0.297. The van der Waals surface area contributed by atoms with Crippen LogP contribution < -0.4 is 20.2 Å². The van der Waals surface area contributed by atoms with Gasteiger partial charge in [-0.25, -0.2) is 5.43 Å². The molecular weight excluding hydrogens is 398 g/mol. The molecule has 0 saturated heterocycles. The minimum absolute atomic E-state index is 0.0387. The van der Waals surface area contributed by atoms with Crippen LogP contribution in [-0.2, 0) is 22.4 Å². The number of rotatable bonds is 10. The van der Waals surface area contributed by atoms with Gasteiger partial charge in [-0.3, -0.25) is 9.59 Å². The summed E-state index contributed by atoms with van der Waals surface area (Å²) in [6.45, 7) is 5.23. The van der Waals surface area contributed by atoms with E-state index < -0.39 is 11.9 Å². The molecule has 0 saturated carbocycles. The Bertz CT molecular complexity index is 954. The van der Waals surface area contributed by atoms with Crippen LogP contribution in [0.25, 0.3) is 0 Å². The molecule has 0 bridgehead atoms. The second-order valence-electron chi connectivity index (χ2n) is 6.77. The van der Waals surface area contributed by atoms with Crippen LogP contribution in [0.2, 0.25) is 0 Å². The third-order valence-corrected chi connectivity index (χ3v) is 4.44. The van der Waals surface area contributed by atoms with E-state index >= 15 is 0 Å². The van der Waals surface area contributed by atoms with Crippen LogP contribution in [0.4, 0.5) is 0 Å². The highest BCUT2D eigenvalue weighted by atomic mass is 16.5. The highest BCUT2D eigenvalue weighted by molar-refractivity contribution is 5.89. The molecule has 0 fully saturated rings. The minimum atomic E-state index is -0.770. The van der Waals surface area contributed by atoms with Crippen molar-refractivity contribution >= 4 is 18.0 Å². The van der Waals surface area contributed by atoms with Gasteiger partial charge in [0.25, 0.3) is 5.91 Å². The second-order valence-corrected chi connectivity index (χ2v) is 6.77. The Morgan fingerprint density at radius 2 is 1.90 bits per heavy atom. The molecule has 2 aromatic carbocycles. The Morgan fingerprint density at radius 3 is 2.52 bits per heavy atom. The van der Waals surface area contributed by atoms with Gasteiger partial charge in [-0.05, 0) is 48.7 Å². The van der Waals surface area contributed by atoms with Crippen LogP contribution in [0.1, 0.15) is 23.6 Å². The van der Waals surface area contributed by atoms with Gasteiger partial charge in [-0.2, -0.15) is 5.10 Å². The molecule has 8 nitrogen and oxygen atoms in total. The molecule has 3 N–H and O–H groups in total. The number of aromatic hydroxyl groups is 1. The molecule has 1 unspecified atom stereocenters. The first kappa shape index (κ1) is 23.5. The predicted molar refractivity (Wildman–Crippen MR) is 119 cm³/mol. The number of nitrogens with one attached hydrogen (secondary N) is 2. The zero-order valence-electron chi connectivity index (χ0n) is 17.8. The molecule has 0 aromatic heterocycles. The second kappa shape index (κ2) is 11.4. The van der Waals surface area contributed by atoms with Gasteiger partial charge in [0, 0.05) is 5.56 Å². The standard InChI is InChI=1S/C23H27N3O5/c1-5-6-18-11-17(12-20(31-4)22(18)28)14-24-26-23(29)15(2)25-21(27)13-16-7-9-19(30-3)10-8-16/h5,7-12,14-15,28H,1,6,13H2,2-4H3,(H,25,27)(H,26,29)/b24-14+. The molecule has 0 aliphatic carbocycles. The largest absolute Gasteiger partial charge is 0.504 e.